The van der Waals surface area contributed by atoms with Gasteiger partial charge in [0.1, 0.15) is 11.9 Å². The van der Waals surface area contributed by atoms with Gasteiger partial charge in [-0.3, -0.25) is 9.59 Å². The lowest BCUT2D eigenvalue weighted by Gasteiger charge is -2.19. The molecule has 0 unspecified atom stereocenters. The molecule has 2 aromatic carbocycles. The van der Waals surface area contributed by atoms with E-state index in [1.165, 1.54) is 24.3 Å². The number of halogens is 4. The van der Waals surface area contributed by atoms with Gasteiger partial charge in [0.25, 0.3) is 5.91 Å². The summed E-state index contributed by atoms with van der Waals surface area (Å²) in [4.78, 5) is 23.7. The largest absolute Gasteiger partial charge is 0.416 e. The highest BCUT2D eigenvalue weighted by Gasteiger charge is 2.31. The fraction of sp³-hybridized carbons (Fsp3) is 0.222. The molecule has 0 aliphatic rings. The average Bonchev–Trinajstić information content (AvgIpc) is 2.61. The molecule has 5 nitrogen and oxygen atoms in total. The maximum Gasteiger partial charge on any atom is 0.416 e. The van der Waals surface area contributed by atoms with E-state index >= 15 is 0 Å². The number of nitrogens with one attached hydrogen (secondary N) is 1. The highest BCUT2D eigenvalue weighted by Crippen LogP contribution is 2.30. The number of carbonyl (C=O) groups is 2. The second kappa shape index (κ2) is 8.17. The first-order valence-corrected chi connectivity index (χ1v) is 7.78. The minimum absolute atomic E-state index is 0.102. The van der Waals surface area contributed by atoms with E-state index < -0.39 is 41.5 Å². The lowest BCUT2D eigenvalue weighted by atomic mass is 10.0. The Morgan fingerprint density at radius 1 is 1.07 bits per heavy atom. The molecular formula is C18H16F4N2O3. The normalized spacial score (nSPS) is 13.7. The molecule has 0 fully saturated rings. The SMILES string of the molecule is NC(=O)[C@H](Cc1ccccc1F)NC(=O)[C@H](O)c1ccc(C(F)(F)F)cc1. The number of primary amides is 1. The van der Waals surface area contributed by atoms with Crippen LogP contribution in [0.5, 0.6) is 0 Å². The topological polar surface area (TPSA) is 92.4 Å². The van der Waals surface area contributed by atoms with Crippen molar-refractivity contribution in [3.05, 3.63) is 71.0 Å². The van der Waals surface area contributed by atoms with Gasteiger partial charge in [0.2, 0.25) is 5.91 Å². The van der Waals surface area contributed by atoms with Gasteiger partial charge in [-0.2, -0.15) is 13.2 Å². The fourth-order valence-corrected chi connectivity index (χ4v) is 2.36. The van der Waals surface area contributed by atoms with Crippen molar-refractivity contribution in [2.24, 2.45) is 5.73 Å². The average molecular weight is 384 g/mol. The maximum atomic E-state index is 13.7. The second-order valence-corrected chi connectivity index (χ2v) is 5.78. The Labute approximate surface area is 151 Å². The summed E-state index contributed by atoms with van der Waals surface area (Å²) in [5.74, 6) is -2.59. The zero-order valence-corrected chi connectivity index (χ0v) is 13.8. The van der Waals surface area contributed by atoms with Crippen molar-refractivity contribution < 1.29 is 32.3 Å². The molecule has 27 heavy (non-hydrogen) atoms. The van der Waals surface area contributed by atoms with E-state index in [1.807, 2.05) is 0 Å². The number of aliphatic hydroxyl groups is 1. The molecule has 4 N–H and O–H groups in total. The highest BCUT2D eigenvalue weighted by molar-refractivity contribution is 5.89. The van der Waals surface area contributed by atoms with Crippen LogP contribution in [-0.2, 0) is 22.2 Å². The summed E-state index contributed by atoms with van der Waals surface area (Å²) in [6, 6.07) is 7.59. The number of carbonyl (C=O) groups excluding carboxylic acids is 2. The third kappa shape index (κ3) is 5.27. The molecule has 2 rings (SSSR count). The van der Waals surface area contributed by atoms with Crippen LogP contribution in [0.25, 0.3) is 0 Å². The van der Waals surface area contributed by atoms with Gasteiger partial charge in [0.05, 0.1) is 5.56 Å². The summed E-state index contributed by atoms with van der Waals surface area (Å²) in [6.07, 6.45) is -6.62. The summed E-state index contributed by atoms with van der Waals surface area (Å²) >= 11 is 0. The minimum Gasteiger partial charge on any atom is -0.378 e. The molecule has 0 heterocycles. The van der Waals surface area contributed by atoms with Gasteiger partial charge in [0, 0.05) is 6.42 Å². The molecule has 0 aromatic heterocycles. The van der Waals surface area contributed by atoms with E-state index in [1.54, 1.807) is 0 Å². The van der Waals surface area contributed by atoms with Gasteiger partial charge in [-0.05, 0) is 29.3 Å². The lowest BCUT2D eigenvalue weighted by Crippen LogP contribution is -2.47. The van der Waals surface area contributed by atoms with Crippen molar-refractivity contribution in [3.63, 3.8) is 0 Å². The van der Waals surface area contributed by atoms with Gasteiger partial charge in [0.15, 0.2) is 6.10 Å². The van der Waals surface area contributed by atoms with Crippen LogP contribution in [0.3, 0.4) is 0 Å². The molecule has 0 bridgehead atoms. The first kappa shape index (κ1) is 20.4. The molecule has 9 heteroatoms. The quantitative estimate of drug-likeness (QED) is 0.666. The van der Waals surface area contributed by atoms with Crippen molar-refractivity contribution >= 4 is 11.8 Å². The van der Waals surface area contributed by atoms with E-state index in [0.29, 0.717) is 0 Å². The number of hydrogen-bond donors (Lipinski definition) is 3. The van der Waals surface area contributed by atoms with Gasteiger partial charge >= 0.3 is 6.18 Å². The summed E-state index contributed by atoms with van der Waals surface area (Å²) in [5.41, 5.74) is 4.30. The number of alkyl halides is 3. The van der Waals surface area contributed by atoms with Crippen LogP contribution >= 0.6 is 0 Å². The highest BCUT2D eigenvalue weighted by atomic mass is 19.4. The van der Waals surface area contributed by atoms with Crippen LogP contribution in [0, 0.1) is 5.82 Å². The summed E-state index contributed by atoms with van der Waals surface area (Å²) < 4.78 is 51.4. The van der Waals surface area contributed by atoms with Crippen molar-refractivity contribution in [3.8, 4) is 0 Å². The molecule has 0 aliphatic carbocycles. The van der Waals surface area contributed by atoms with E-state index in [-0.39, 0.29) is 17.5 Å². The van der Waals surface area contributed by atoms with Crippen molar-refractivity contribution in [1.29, 1.82) is 0 Å². The molecule has 2 amide bonds. The Morgan fingerprint density at radius 3 is 2.19 bits per heavy atom. The Balaban J connectivity index is 2.10. The van der Waals surface area contributed by atoms with Gasteiger partial charge in [-0.25, -0.2) is 4.39 Å². The zero-order chi connectivity index (χ0) is 20.2. The van der Waals surface area contributed by atoms with Crippen LogP contribution in [-0.4, -0.2) is 23.0 Å². The molecule has 0 spiro atoms. The van der Waals surface area contributed by atoms with Crippen LogP contribution in [0.2, 0.25) is 0 Å². The third-order valence-electron chi connectivity index (χ3n) is 3.84. The number of benzene rings is 2. The zero-order valence-electron chi connectivity index (χ0n) is 13.8. The second-order valence-electron chi connectivity index (χ2n) is 5.78. The van der Waals surface area contributed by atoms with Crippen LogP contribution in [0.15, 0.2) is 48.5 Å². The van der Waals surface area contributed by atoms with Crippen molar-refractivity contribution in [1.82, 2.24) is 5.32 Å². The Bertz CT molecular complexity index is 822. The summed E-state index contributed by atoms with van der Waals surface area (Å²) in [6.45, 7) is 0. The summed E-state index contributed by atoms with van der Waals surface area (Å²) in [7, 11) is 0. The molecular weight excluding hydrogens is 368 g/mol. The van der Waals surface area contributed by atoms with Crippen LogP contribution in [0.4, 0.5) is 17.6 Å². The predicted molar refractivity (Wildman–Crippen MR) is 87.6 cm³/mol. The standard InChI is InChI=1S/C18H16F4N2O3/c19-13-4-2-1-3-11(13)9-14(16(23)26)24-17(27)15(25)10-5-7-12(8-6-10)18(20,21)22/h1-8,14-15,25H,9H2,(H2,23,26)(H,24,27)/t14-,15+/m0/s1. The maximum absolute atomic E-state index is 13.7. The first-order valence-electron chi connectivity index (χ1n) is 7.78. The Morgan fingerprint density at radius 2 is 1.67 bits per heavy atom. The number of rotatable bonds is 6. The molecule has 0 aliphatic heterocycles. The van der Waals surface area contributed by atoms with Gasteiger partial charge in [-0.15, -0.1) is 0 Å². The number of nitrogens with two attached hydrogens (primary N) is 1. The van der Waals surface area contributed by atoms with E-state index in [9.17, 15) is 32.3 Å². The number of aliphatic hydroxyl groups excluding tert-OH is 1. The molecule has 0 radical (unpaired) electrons. The molecule has 2 atom stereocenters. The van der Waals surface area contributed by atoms with Crippen molar-refractivity contribution in [2.45, 2.75) is 24.7 Å². The fourth-order valence-electron chi connectivity index (χ4n) is 2.36. The van der Waals surface area contributed by atoms with E-state index in [2.05, 4.69) is 5.32 Å². The van der Waals surface area contributed by atoms with E-state index in [4.69, 9.17) is 5.73 Å². The van der Waals surface area contributed by atoms with Crippen LogP contribution < -0.4 is 11.1 Å². The lowest BCUT2D eigenvalue weighted by molar-refractivity contribution is -0.137. The minimum atomic E-state index is -4.55. The molecule has 144 valence electrons. The third-order valence-corrected chi connectivity index (χ3v) is 3.84. The molecule has 0 saturated carbocycles. The van der Waals surface area contributed by atoms with Gasteiger partial charge < -0.3 is 16.2 Å². The van der Waals surface area contributed by atoms with Gasteiger partial charge in [-0.1, -0.05) is 30.3 Å². The smallest absolute Gasteiger partial charge is 0.378 e. The molecule has 0 saturated heterocycles. The number of amides is 2. The van der Waals surface area contributed by atoms with Crippen molar-refractivity contribution in [2.75, 3.05) is 0 Å². The summed E-state index contributed by atoms with van der Waals surface area (Å²) in [5, 5.41) is 12.2. The van der Waals surface area contributed by atoms with Crippen LogP contribution in [0.1, 0.15) is 22.8 Å². The Kier molecular flexibility index (Phi) is 6.17. The predicted octanol–water partition coefficient (Wildman–Crippen LogP) is 2.09. The monoisotopic (exact) mass is 384 g/mol. The van der Waals surface area contributed by atoms with E-state index in [0.717, 1.165) is 24.3 Å². The number of hydrogen-bond acceptors (Lipinski definition) is 3. The molecule has 2 aromatic rings. The Hall–Kier alpha value is -2.94. The first-order chi connectivity index (χ1) is 12.6.